The zero-order chi connectivity index (χ0) is 7.98. The van der Waals surface area contributed by atoms with Crippen LogP contribution in [0.3, 0.4) is 0 Å². The summed E-state index contributed by atoms with van der Waals surface area (Å²) >= 11 is 0. The van der Waals surface area contributed by atoms with Crippen molar-refractivity contribution in [2.45, 2.75) is 26.4 Å². The van der Waals surface area contributed by atoms with Crippen molar-refractivity contribution < 1.29 is 14.3 Å². The molecule has 0 saturated heterocycles. The molecule has 3 nitrogen and oxygen atoms in total. The number of methoxy groups -OCH3 is 1. The molecule has 0 unspecified atom stereocenters. The van der Waals surface area contributed by atoms with Crippen LogP contribution in [0.2, 0.25) is 0 Å². The third-order valence-electron chi connectivity index (χ3n) is 1.02. The van der Waals surface area contributed by atoms with E-state index in [1.54, 1.807) is 21.0 Å². The van der Waals surface area contributed by atoms with Crippen LogP contribution < -0.4 is 0 Å². The minimum absolute atomic E-state index is 0.127. The van der Waals surface area contributed by atoms with Gasteiger partial charge >= 0.3 is 5.97 Å². The zero-order valence-electron chi connectivity index (χ0n) is 6.72. The van der Waals surface area contributed by atoms with E-state index in [0.717, 1.165) is 0 Å². The third kappa shape index (κ3) is 4.32. The van der Waals surface area contributed by atoms with E-state index < -0.39 is 0 Å². The molecule has 0 saturated carbocycles. The van der Waals surface area contributed by atoms with E-state index in [1.165, 1.54) is 0 Å². The summed E-state index contributed by atoms with van der Waals surface area (Å²) < 4.78 is 9.65. The second-order valence-electron chi connectivity index (χ2n) is 2.11. The van der Waals surface area contributed by atoms with Crippen LogP contribution in [0.1, 0.15) is 20.3 Å². The summed E-state index contributed by atoms with van der Waals surface area (Å²) in [6.45, 7) is 4.03. The zero-order valence-corrected chi connectivity index (χ0v) is 6.72. The number of hydrogen-bond acceptors (Lipinski definition) is 3. The van der Waals surface area contributed by atoms with Crippen LogP contribution in [0, 0.1) is 0 Å². The van der Waals surface area contributed by atoms with Crippen LogP contribution in [0.5, 0.6) is 0 Å². The Morgan fingerprint density at radius 1 is 1.60 bits per heavy atom. The Labute approximate surface area is 61.3 Å². The van der Waals surface area contributed by atoms with Gasteiger partial charge in [0.2, 0.25) is 0 Å². The van der Waals surface area contributed by atoms with Gasteiger partial charge in [0.1, 0.15) is 6.10 Å². The fourth-order valence-electron chi connectivity index (χ4n) is 0.576. The van der Waals surface area contributed by atoms with Crippen molar-refractivity contribution in [3.8, 4) is 0 Å². The highest BCUT2D eigenvalue weighted by molar-refractivity contribution is 5.69. The van der Waals surface area contributed by atoms with Gasteiger partial charge in [0.15, 0.2) is 0 Å². The van der Waals surface area contributed by atoms with Crippen molar-refractivity contribution in [1.29, 1.82) is 0 Å². The second kappa shape index (κ2) is 5.23. The molecular formula is C7H14O3. The summed E-state index contributed by atoms with van der Waals surface area (Å²) in [6, 6.07) is 0. The third-order valence-corrected chi connectivity index (χ3v) is 1.02. The Kier molecular flexibility index (Phi) is 4.94. The van der Waals surface area contributed by atoms with E-state index in [9.17, 15) is 4.79 Å². The quantitative estimate of drug-likeness (QED) is 0.554. The summed E-state index contributed by atoms with van der Waals surface area (Å²) in [4.78, 5) is 10.6. The van der Waals surface area contributed by atoms with Crippen molar-refractivity contribution >= 4 is 5.97 Å². The molecule has 0 rings (SSSR count). The molecule has 0 N–H and O–H groups in total. The maximum atomic E-state index is 10.6. The first-order valence-corrected chi connectivity index (χ1v) is 3.39. The van der Waals surface area contributed by atoms with Gasteiger partial charge in [-0.05, 0) is 6.92 Å². The lowest BCUT2D eigenvalue weighted by molar-refractivity contribution is -0.150. The highest BCUT2D eigenvalue weighted by atomic mass is 16.6. The van der Waals surface area contributed by atoms with E-state index in [4.69, 9.17) is 9.47 Å². The molecule has 3 heteroatoms. The van der Waals surface area contributed by atoms with Crippen LogP contribution in [0.4, 0.5) is 0 Å². The molecule has 0 aliphatic carbocycles. The van der Waals surface area contributed by atoms with Crippen molar-refractivity contribution in [2.24, 2.45) is 0 Å². The van der Waals surface area contributed by atoms with Crippen LogP contribution >= 0.6 is 0 Å². The minimum Gasteiger partial charge on any atom is -0.460 e. The number of esters is 1. The van der Waals surface area contributed by atoms with E-state index in [0.29, 0.717) is 13.0 Å². The largest absolute Gasteiger partial charge is 0.460 e. The monoisotopic (exact) mass is 146 g/mol. The van der Waals surface area contributed by atoms with Gasteiger partial charge in [-0.15, -0.1) is 0 Å². The first-order chi connectivity index (χ1) is 4.70. The summed E-state index contributed by atoms with van der Waals surface area (Å²) in [7, 11) is 1.58. The fourth-order valence-corrected chi connectivity index (χ4v) is 0.576. The molecule has 0 bridgehead atoms. The second-order valence-corrected chi connectivity index (χ2v) is 2.11. The molecule has 0 radical (unpaired) electrons. The lowest BCUT2D eigenvalue weighted by Crippen LogP contribution is -2.18. The number of ether oxygens (including phenoxy) is 2. The SMILES string of the molecule is CCC(=O)O[C@@H](C)COC. The summed E-state index contributed by atoms with van der Waals surface area (Å²) in [6.07, 6.45) is 0.297. The predicted molar refractivity (Wildman–Crippen MR) is 37.7 cm³/mol. The standard InChI is InChI=1S/C7H14O3/c1-4-7(8)10-6(2)5-9-3/h6H,4-5H2,1-3H3/t6-/m0/s1. The molecule has 0 heterocycles. The van der Waals surface area contributed by atoms with E-state index >= 15 is 0 Å². The first-order valence-electron chi connectivity index (χ1n) is 3.39. The Bertz CT molecular complexity index is 101. The fraction of sp³-hybridized carbons (Fsp3) is 0.857. The first kappa shape index (κ1) is 9.43. The van der Waals surface area contributed by atoms with Crippen LogP contribution in [0.15, 0.2) is 0 Å². The van der Waals surface area contributed by atoms with Gasteiger partial charge in [0, 0.05) is 13.5 Å². The number of carbonyl (C=O) groups is 1. The Morgan fingerprint density at radius 2 is 2.20 bits per heavy atom. The van der Waals surface area contributed by atoms with Crippen molar-refractivity contribution in [3.63, 3.8) is 0 Å². The van der Waals surface area contributed by atoms with Crippen molar-refractivity contribution in [3.05, 3.63) is 0 Å². The lowest BCUT2D eigenvalue weighted by atomic mass is 10.4. The molecule has 0 aromatic rings. The van der Waals surface area contributed by atoms with E-state index in [-0.39, 0.29) is 12.1 Å². The molecule has 0 aliphatic rings. The highest BCUT2D eigenvalue weighted by Gasteiger charge is 2.05. The lowest BCUT2D eigenvalue weighted by Gasteiger charge is -2.10. The molecule has 0 amide bonds. The van der Waals surface area contributed by atoms with Gasteiger partial charge in [0.25, 0.3) is 0 Å². The van der Waals surface area contributed by atoms with Gasteiger partial charge < -0.3 is 9.47 Å². The van der Waals surface area contributed by atoms with Gasteiger partial charge in [-0.2, -0.15) is 0 Å². The molecule has 1 atom stereocenters. The van der Waals surface area contributed by atoms with Gasteiger partial charge in [-0.3, -0.25) is 4.79 Å². The molecule has 0 fully saturated rings. The molecule has 0 aromatic heterocycles. The van der Waals surface area contributed by atoms with Gasteiger partial charge in [0.05, 0.1) is 6.61 Å². The van der Waals surface area contributed by atoms with Crippen LogP contribution in [0.25, 0.3) is 0 Å². The molecular weight excluding hydrogens is 132 g/mol. The van der Waals surface area contributed by atoms with E-state index in [2.05, 4.69) is 0 Å². The van der Waals surface area contributed by atoms with Gasteiger partial charge in [-0.1, -0.05) is 6.92 Å². The number of rotatable bonds is 4. The summed E-state index contributed by atoms with van der Waals surface area (Å²) in [5.41, 5.74) is 0. The minimum atomic E-state index is -0.176. The van der Waals surface area contributed by atoms with Crippen LogP contribution in [-0.2, 0) is 14.3 Å². The maximum Gasteiger partial charge on any atom is 0.305 e. The van der Waals surface area contributed by atoms with Crippen molar-refractivity contribution in [2.75, 3.05) is 13.7 Å². The topological polar surface area (TPSA) is 35.5 Å². The Balaban J connectivity index is 3.37. The Morgan fingerprint density at radius 3 is 2.60 bits per heavy atom. The highest BCUT2D eigenvalue weighted by Crippen LogP contribution is 1.93. The molecule has 10 heavy (non-hydrogen) atoms. The van der Waals surface area contributed by atoms with Gasteiger partial charge in [-0.25, -0.2) is 0 Å². The van der Waals surface area contributed by atoms with E-state index in [1.807, 2.05) is 0 Å². The summed E-state index contributed by atoms with van der Waals surface area (Å²) in [5, 5.41) is 0. The molecule has 0 aliphatic heterocycles. The molecule has 0 spiro atoms. The molecule has 0 aromatic carbocycles. The summed E-state index contributed by atoms with van der Waals surface area (Å²) in [5.74, 6) is -0.176. The smallest absolute Gasteiger partial charge is 0.305 e. The average molecular weight is 146 g/mol. The Hall–Kier alpha value is -0.570. The normalized spacial score (nSPS) is 12.7. The van der Waals surface area contributed by atoms with Crippen molar-refractivity contribution in [1.82, 2.24) is 0 Å². The maximum absolute atomic E-state index is 10.6. The predicted octanol–water partition coefficient (Wildman–Crippen LogP) is 0.974. The van der Waals surface area contributed by atoms with Crippen LogP contribution in [-0.4, -0.2) is 25.8 Å². The number of hydrogen-bond donors (Lipinski definition) is 0. The number of carbonyl (C=O) groups excluding carboxylic acids is 1. The molecule has 60 valence electrons. The average Bonchev–Trinajstić information content (AvgIpc) is 1.88.